The molecule has 1 aliphatic carbocycles. The van der Waals surface area contributed by atoms with Crippen LogP contribution in [0.25, 0.3) is 11.1 Å². The standard InChI is InChI=1S/C25H27N3O6/c1-15(29)26-16-12-28(13-16)24(32)22(10-11-23(30)31)27-25(33)34-14-21-19-8-4-2-6-17(19)18-7-3-5-9-20(18)21/h2-9,16,21-22H,10-14H2,1H3,(H,26,29)(H,27,33)(H,30,31). The molecule has 1 fully saturated rings. The lowest BCUT2D eigenvalue weighted by atomic mass is 9.98. The Hall–Kier alpha value is -3.88. The lowest BCUT2D eigenvalue weighted by molar-refractivity contribution is -0.141. The number of carbonyl (C=O) groups excluding carboxylic acids is 3. The molecule has 1 saturated heterocycles. The van der Waals surface area contributed by atoms with Gasteiger partial charge in [-0.1, -0.05) is 48.5 Å². The molecule has 3 N–H and O–H groups in total. The predicted octanol–water partition coefficient (Wildman–Crippen LogP) is 2.11. The summed E-state index contributed by atoms with van der Waals surface area (Å²) in [5, 5.41) is 14.3. The number of ether oxygens (including phenoxy) is 1. The summed E-state index contributed by atoms with van der Waals surface area (Å²) in [7, 11) is 0. The minimum atomic E-state index is -1.06. The van der Waals surface area contributed by atoms with Crippen LogP contribution in [0.2, 0.25) is 0 Å². The maximum absolute atomic E-state index is 12.8. The van der Waals surface area contributed by atoms with Crippen molar-refractivity contribution < 1.29 is 29.0 Å². The molecule has 1 atom stereocenters. The third kappa shape index (κ3) is 5.03. The number of carboxylic acid groups (broad SMARTS) is 1. The van der Waals surface area contributed by atoms with Crippen LogP contribution in [0.5, 0.6) is 0 Å². The Balaban J connectivity index is 1.38. The van der Waals surface area contributed by atoms with Gasteiger partial charge in [-0.15, -0.1) is 0 Å². The van der Waals surface area contributed by atoms with Gasteiger partial charge >= 0.3 is 12.1 Å². The number of fused-ring (bicyclic) bond motifs is 3. The molecule has 1 unspecified atom stereocenters. The van der Waals surface area contributed by atoms with Crippen LogP contribution < -0.4 is 10.6 Å². The quantitative estimate of drug-likeness (QED) is 0.548. The van der Waals surface area contributed by atoms with Crippen molar-refractivity contribution in [3.63, 3.8) is 0 Å². The Bertz CT molecular complexity index is 1070. The van der Waals surface area contributed by atoms with Gasteiger partial charge in [-0.3, -0.25) is 14.4 Å². The Morgan fingerprint density at radius 3 is 2.18 bits per heavy atom. The second-order valence-corrected chi connectivity index (χ2v) is 8.60. The van der Waals surface area contributed by atoms with E-state index in [4.69, 9.17) is 9.84 Å². The summed E-state index contributed by atoms with van der Waals surface area (Å²) in [6.07, 6.45) is -1.10. The average molecular weight is 466 g/mol. The number of alkyl carbamates (subject to hydrolysis) is 1. The number of carbonyl (C=O) groups is 4. The van der Waals surface area contributed by atoms with Crippen molar-refractivity contribution in [1.82, 2.24) is 15.5 Å². The number of carboxylic acids is 1. The SMILES string of the molecule is CC(=O)NC1CN(C(=O)C(CCC(=O)O)NC(=O)OCC2c3ccccc3-c3ccccc32)C1. The van der Waals surface area contributed by atoms with E-state index in [1.54, 1.807) is 0 Å². The highest BCUT2D eigenvalue weighted by Gasteiger charge is 2.36. The largest absolute Gasteiger partial charge is 0.481 e. The molecule has 2 aromatic rings. The minimum Gasteiger partial charge on any atom is -0.481 e. The van der Waals surface area contributed by atoms with E-state index < -0.39 is 24.0 Å². The molecule has 3 amide bonds. The van der Waals surface area contributed by atoms with Crippen LogP contribution in [0, 0.1) is 0 Å². The molecule has 9 heteroatoms. The smallest absolute Gasteiger partial charge is 0.407 e. The molecule has 0 bridgehead atoms. The molecule has 0 aromatic heterocycles. The van der Waals surface area contributed by atoms with E-state index in [0.29, 0.717) is 13.1 Å². The zero-order valence-corrected chi connectivity index (χ0v) is 18.8. The van der Waals surface area contributed by atoms with Gasteiger partial charge in [0.05, 0.1) is 6.04 Å². The summed E-state index contributed by atoms with van der Waals surface area (Å²) in [4.78, 5) is 49.2. The second kappa shape index (κ2) is 9.94. The van der Waals surface area contributed by atoms with Gasteiger partial charge in [0.25, 0.3) is 0 Å². The maximum Gasteiger partial charge on any atom is 0.407 e. The predicted molar refractivity (Wildman–Crippen MR) is 123 cm³/mol. The molecule has 1 aliphatic heterocycles. The number of nitrogens with one attached hydrogen (secondary N) is 2. The van der Waals surface area contributed by atoms with Gasteiger partial charge in [-0.25, -0.2) is 4.79 Å². The van der Waals surface area contributed by atoms with Crippen LogP contribution in [0.1, 0.15) is 36.8 Å². The van der Waals surface area contributed by atoms with E-state index in [1.807, 2.05) is 48.5 Å². The van der Waals surface area contributed by atoms with Gasteiger partial charge in [0.15, 0.2) is 0 Å². The molecule has 1 heterocycles. The maximum atomic E-state index is 12.8. The number of nitrogens with zero attached hydrogens (tertiary/aromatic N) is 1. The van der Waals surface area contributed by atoms with Gasteiger partial charge in [0.1, 0.15) is 12.6 Å². The number of rotatable bonds is 8. The van der Waals surface area contributed by atoms with Crippen LogP contribution >= 0.6 is 0 Å². The topological polar surface area (TPSA) is 125 Å². The van der Waals surface area contributed by atoms with E-state index >= 15 is 0 Å². The third-order valence-electron chi connectivity index (χ3n) is 6.18. The van der Waals surface area contributed by atoms with E-state index in [2.05, 4.69) is 10.6 Å². The summed E-state index contributed by atoms with van der Waals surface area (Å²) >= 11 is 0. The first kappa shape index (κ1) is 23.3. The van der Waals surface area contributed by atoms with Crippen molar-refractivity contribution in [2.24, 2.45) is 0 Å². The first-order valence-corrected chi connectivity index (χ1v) is 11.2. The monoisotopic (exact) mass is 465 g/mol. The summed E-state index contributed by atoms with van der Waals surface area (Å²) in [5.41, 5.74) is 4.35. The third-order valence-corrected chi connectivity index (χ3v) is 6.18. The highest BCUT2D eigenvalue weighted by atomic mass is 16.5. The molecule has 4 rings (SSSR count). The number of hydrogen-bond acceptors (Lipinski definition) is 5. The van der Waals surface area contributed by atoms with Crippen molar-refractivity contribution in [3.8, 4) is 11.1 Å². The van der Waals surface area contributed by atoms with Crippen LogP contribution in [0.3, 0.4) is 0 Å². The average Bonchev–Trinajstić information content (AvgIpc) is 3.10. The fourth-order valence-electron chi connectivity index (χ4n) is 4.57. The fraction of sp³-hybridized carbons (Fsp3) is 0.360. The normalized spacial score (nSPS) is 15.5. The minimum absolute atomic E-state index is 0.0559. The summed E-state index contributed by atoms with van der Waals surface area (Å²) < 4.78 is 5.51. The first-order chi connectivity index (χ1) is 16.3. The Morgan fingerprint density at radius 1 is 1.03 bits per heavy atom. The highest BCUT2D eigenvalue weighted by molar-refractivity contribution is 5.87. The highest BCUT2D eigenvalue weighted by Crippen LogP contribution is 2.44. The lowest BCUT2D eigenvalue weighted by Crippen LogP contribution is -2.64. The van der Waals surface area contributed by atoms with E-state index in [-0.39, 0.29) is 37.3 Å². The fourth-order valence-corrected chi connectivity index (χ4v) is 4.57. The number of amides is 3. The molecular weight excluding hydrogens is 438 g/mol. The van der Waals surface area contributed by atoms with Crippen LogP contribution in [0.4, 0.5) is 4.79 Å². The molecule has 0 radical (unpaired) electrons. The molecule has 178 valence electrons. The van der Waals surface area contributed by atoms with Gasteiger partial charge in [-0.05, 0) is 28.7 Å². The molecular formula is C25H27N3O6. The lowest BCUT2D eigenvalue weighted by Gasteiger charge is -2.41. The number of likely N-dealkylation sites (tertiary alicyclic amines) is 1. The first-order valence-electron chi connectivity index (χ1n) is 11.2. The van der Waals surface area contributed by atoms with Crippen LogP contribution in [-0.4, -0.2) is 65.7 Å². The summed E-state index contributed by atoms with van der Waals surface area (Å²) in [5.74, 6) is -1.76. The van der Waals surface area contributed by atoms with Crippen molar-refractivity contribution in [2.75, 3.05) is 19.7 Å². The molecule has 2 aromatic carbocycles. The number of aliphatic carboxylic acids is 1. The van der Waals surface area contributed by atoms with Crippen LogP contribution in [0.15, 0.2) is 48.5 Å². The van der Waals surface area contributed by atoms with Crippen molar-refractivity contribution in [3.05, 3.63) is 59.7 Å². The Labute approximate surface area is 197 Å². The Kier molecular flexibility index (Phi) is 6.81. The van der Waals surface area contributed by atoms with Gasteiger partial charge in [0, 0.05) is 32.4 Å². The van der Waals surface area contributed by atoms with Gasteiger partial charge in [-0.2, -0.15) is 0 Å². The zero-order valence-electron chi connectivity index (χ0n) is 18.8. The molecule has 0 spiro atoms. The molecule has 9 nitrogen and oxygen atoms in total. The molecule has 0 saturated carbocycles. The summed E-state index contributed by atoms with van der Waals surface area (Å²) in [6.45, 7) is 2.12. The van der Waals surface area contributed by atoms with E-state index in [9.17, 15) is 19.2 Å². The van der Waals surface area contributed by atoms with E-state index in [1.165, 1.54) is 11.8 Å². The van der Waals surface area contributed by atoms with Crippen molar-refractivity contribution >= 4 is 23.9 Å². The Morgan fingerprint density at radius 2 is 1.62 bits per heavy atom. The number of hydrogen-bond donors (Lipinski definition) is 3. The second-order valence-electron chi connectivity index (χ2n) is 8.60. The molecule has 2 aliphatic rings. The van der Waals surface area contributed by atoms with Crippen LogP contribution in [-0.2, 0) is 19.1 Å². The van der Waals surface area contributed by atoms with Crippen molar-refractivity contribution in [2.45, 2.75) is 37.8 Å². The summed E-state index contributed by atoms with van der Waals surface area (Å²) in [6, 6.07) is 14.8. The molecule has 34 heavy (non-hydrogen) atoms. The van der Waals surface area contributed by atoms with Crippen molar-refractivity contribution in [1.29, 1.82) is 0 Å². The van der Waals surface area contributed by atoms with Gasteiger partial charge < -0.3 is 25.4 Å². The van der Waals surface area contributed by atoms with E-state index in [0.717, 1.165) is 22.3 Å². The van der Waals surface area contributed by atoms with Gasteiger partial charge in [0.2, 0.25) is 11.8 Å². The number of benzene rings is 2. The zero-order chi connectivity index (χ0) is 24.2.